The van der Waals surface area contributed by atoms with Crippen molar-refractivity contribution in [1.29, 1.82) is 0 Å². The van der Waals surface area contributed by atoms with Gasteiger partial charge in [0.25, 0.3) is 5.91 Å². The molecule has 7 heteroatoms. The molecule has 0 unspecified atom stereocenters. The van der Waals surface area contributed by atoms with Crippen molar-refractivity contribution in [3.05, 3.63) is 89.5 Å². The van der Waals surface area contributed by atoms with Crippen molar-refractivity contribution in [3.63, 3.8) is 0 Å². The van der Waals surface area contributed by atoms with E-state index in [9.17, 15) is 9.59 Å². The maximum absolute atomic E-state index is 13.2. The predicted molar refractivity (Wildman–Crippen MR) is 146 cm³/mol. The first-order valence-corrected chi connectivity index (χ1v) is 12.0. The summed E-state index contributed by atoms with van der Waals surface area (Å²) in [7, 11) is 6.20. The SMILES string of the molecule is CCOC(=O)c1ccc2c(c1)NC(=O)/C2=C(\Nc1ccc(N(C)CCN(C)C)cc1)c1ccccc1. The molecular weight excluding hydrogens is 452 g/mol. The van der Waals surface area contributed by atoms with Crippen LogP contribution in [0.2, 0.25) is 0 Å². The van der Waals surface area contributed by atoms with Gasteiger partial charge in [0.2, 0.25) is 0 Å². The van der Waals surface area contributed by atoms with Gasteiger partial charge in [-0.25, -0.2) is 4.79 Å². The third-order valence-electron chi connectivity index (χ3n) is 6.05. The predicted octanol–water partition coefficient (Wildman–Crippen LogP) is 4.79. The third-order valence-corrected chi connectivity index (χ3v) is 6.05. The molecule has 0 saturated heterocycles. The zero-order chi connectivity index (χ0) is 25.7. The number of ether oxygens (including phenoxy) is 1. The summed E-state index contributed by atoms with van der Waals surface area (Å²) in [4.78, 5) is 29.7. The van der Waals surface area contributed by atoms with E-state index in [2.05, 4.69) is 53.7 Å². The summed E-state index contributed by atoms with van der Waals surface area (Å²) in [6.45, 7) is 3.94. The molecule has 0 aromatic heterocycles. The highest BCUT2D eigenvalue weighted by Crippen LogP contribution is 2.38. The highest BCUT2D eigenvalue weighted by molar-refractivity contribution is 6.37. The maximum Gasteiger partial charge on any atom is 0.338 e. The molecule has 0 bridgehead atoms. The van der Waals surface area contributed by atoms with Crippen LogP contribution in [0, 0.1) is 0 Å². The number of hydrogen-bond donors (Lipinski definition) is 2. The van der Waals surface area contributed by atoms with Gasteiger partial charge < -0.3 is 25.2 Å². The Labute approximate surface area is 212 Å². The fourth-order valence-electron chi connectivity index (χ4n) is 4.07. The minimum absolute atomic E-state index is 0.225. The number of anilines is 3. The number of carbonyl (C=O) groups excluding carboxylic acids is 2. The molecule has 0 spiro atoms. The van der Waals surface area contributed by atoms with Crippen LogP contribution in [-0.4, -0.2) is 57.6 Å². The van der Waals surface area contributed by atoms with E-state index in [1.165, 1.54) is 0 Å². The van der Waals surface area contributed by atoms with Gasteiger partial charge in [0, 0.05) is 37.1 Å². The minimum Gasteiger partial charge on any atom is -0.462 e. The van der Waals surface area contributed by atoms with Crippen LogP contribution in [0.15, 0.2) is 72.8 Å². The standard InChI is InChI=1S/C29H32N4O3/c1-5-36-29(35)21-11-16-24-25(19-21)31-28(34)26(24)27(20-9-7-6-8-10-20)30-22-12-14-23(15-13-22)33(4)18-17-32(2)3/h6-16,19,30H,5,17-18H2,1-4H3,(H,31,34)/b27-26-. The van der Waals surface area contributed by atoms with Crippen molar-refractivity contribution < 1.29 is 14.3 Å². The van der Waals surface area contributed by atoms with Crippen molar-refractivity contribution in [3.8, 4) is 0 Å². The molecule has 1 heterocycles. The van der Waals surface area contributed by atoms with Gasteiger partial charge in [-0.3, -0.25) is 4.79 Å². The van der Waals surface area contributed by atoms with Crippen LogP contribution < -0.4 is 15.5 Å². The van der Waals surface area contributed by atoms with Gasteiger partial charge in [-0.15, -0.1) is 0 Å². The van der Waals surface area contributed by atoms with Crippen molar-refractivity contribution in [1.82, 2.24) is 4.90 Å². The molecule has 3 aromatic carbocycles. The Balaban J connectivity index is 1.69. The van der Waals surface area contributed by atoms with E-state index >= 15 is 0 Å². The molecule has 186 valence electrons. The molecule has 0 fully saturated rings. The van der Waals surface area contributed by atoms with Crippen LogP contribution in [0.5, 0.6) is 0 Å². The maximum atomic E-state index is 13.2. The van der Waals surface area contributed by atoms with Crippen molar-refractivity contribution >= 4 is 40.2 Å². The Kier molecular flexibility index (Phi) is 7.71. The van der Waals surface area contributed by atoms with Gasteiger partial charge in [-0.05, 0) is 63.0 Å². The minimum atomic E-state index is -0.413. The number of benzene rings is 3. The first kappa shape index (κ1) is 25.0. The Morgan fingerprint density at radius 2 is 1.64 bits per heavy atom. The lowest BCUT2D eigenvalue weighted by Gasteiger charge is -2.22. The number of esters is 1. The Morgan fingerprint density at radius 3 is 2.31 bits per heavy atom. The molecule has 1 amide bonds. The molecule has 1 aliphatic rings. The summed E-state index contributed by atoms with van der Waals surface area (Å²) in [5.41, 5.74) is 5.83. The average Bonchev–Trinajstić information content (AvgIpc) is 3.21. The van der Waals surface area contributed by atoms with Gasteiger partial charge in [-0.1, -0.05) is 36.4 Å². The second kappa shape index (κ2) is 11.1. The third kappa shape index (κ3) is 5.58. The first-order valence-electron chi connectivity index (χ1n) is 12.0. The lowest BCUT2D eigenvalue weighted by Crippen LogP contribution is -2.28. The fraction of sp³-hybridized carbons (Fsp3) is 0.241. The van der Waals surface area contributed by atoms with Gasteiger partial charge >= 0.3 is 5.97 Å². The molecule has 7 nitrogen and oxygen atoms in total. The summed E-state index contributed by atoms with van der Waals surface area (Å²) in [5.74, 6) is -0.638. The van der Waals surface area contributed by atoms with E-state index < -0.39 is 5.97 Å². The van der Waals surface area contributed by atoms with Crippen molar-refractivity contribution in [2.75, 3.05) is 56.4 Å². The second-order valence-electron chi connectivity index (χ2n) is 8.95. The molecule has 0 radical (unpaired) electrons. The molecule has 36 heavy (non-hydrogen) atoms. The van der Waals surface area contributed by atoms with Gasteiger partial charge in [0.05, 0.1) is 29.1 Å². The highest BCUT2D eigenvalue weighted by atomic mass is 16.5. The van der Waals surface area contributed by atoms with Gasteiger partial charge in [0.1, 0.15) is 0 Å². The van der Waals surface area contributed by atoms with E-state index in [0.29, 0.717) is 29.1 Å². The number of rotatable bonds is 9. The van der Waals surface area contributed by atoms with Crippen LogP contribution in [-0.2, 0) is 9.53 Å². The van der Waals surface area contributed by atoms with Crippen LogP contribution >= 0.6 is 0 Å². The lowest BCUT2D eigenvalue weighted by molar-refractivity contribution is -0.110. The highest BCUT2D eigenvalue weighted by Gasteiger charge is 2.29. The lowest BCUT2D eigenvalue weighted by atomic mass is 9.99. The van der Waals surface area contributed by atoms with E-state index in [1.807, 2.05) is 42.5 Å². The summed E-state index contributed by atoms with van der Waals surface area (Å²) in [6, 6.07) is 23.1. The topological polar surface area (TPSA) is 73.9 Å². The van der Waals surface area contributed by atoms with Crippen LogP contribution in [0.1, 0.15) is 28.4 Å². The Morgan fingerprint density at radius 1 is 0.917 bits per heavy atom. The first-order chi connectivity index (χ1) is 17.4. The zero-order valence-corrected chi connectivity index (χ0v) is 21.2. The molecule has 1 aliphatic heterocycles. The molecule has 0 saturated carbocycles. The number of fused-ring (bicyclic) bond motifs is 1. The molecule has 2 N–H and O–H groups in total. The summed E-state index contributed by atoms with van der Waals surface area (Å²) in [5, 5.41) is 6.40. The van der Waals surface area contributed by atoms with Crippen molar-refractivity contribution in [2.45, 2.75) is 6.92 Å². The van der Waals surface area contributed by atoms with E-state index in [-0.39, 0.29) is 5.91 Å². The number of nitrogens with one attached hydrogen (secondary N) is 2. The molecule has 3 aromatic rings. The van der Waals surface area contributed by atoms with E-state index in [4.69, 9.17) is 4.74 Å². The van der Waals surface area contributed by atoms with Gasteiger partial charge in [-0.2, -0.15) is 0 Å². The number of hydrogen-bond acceptors (Lipinski definition) is 6. The van der Waals surface area contributed by atoms with E-state index in [1.54, 1.807) is 25.1 Å². The fourth-order valence-corrected chi connectivity index (χ4v) is 4.07. The Hall–Kier alpha value is -4.10. The smallest absolute Gasteiger partial charge is 0.338 e. The van der Waals surface area contributed by atoms with Gasteiger partial charge in [0.15, 0.2) is 0 Å². The second-order valence-corrected chi connectivity index (χ2v) is 8.95. The molecule has 4 rings (SSSR count). The normalized spacial score (nSPS) is 13.8. The monoisotopic (exact) mass is 484 g/mol. The quantitative estimate of drug-likeness (QED) is 0.336. The molecular formula is C29H32N4O3. The molecule has 0 atom stereocenters. The van der Waals surface area contributed by atoms with E-state index in [0.717, 1.165) is 35.6 Å². The summed E-state index contributed by atoms with van der Waals surface area (Å²) in [6.07, 6.45) is 0. The largest absolute Gasteiger partial charge is 0.462 e. The van der Waals surface area contributed by atoms with Crippen molar-refractivity contribution in [2.24, 2.45) is 0 Å². The zero-order valence-electron chi connectivity index (χ0n) is 21.2. The number of carbonyl (C=O) groups is 2. The average molecular weight is 485 g/mol. The summed E-state index contributed by atoms with van der Waals surface area (Å²) >= 11 is 0. The Bertz CT molecular complexity index is 1270. The number of nitrogens with zero attached hydrogens (tertiary/aromatic N) is 2. The number of likely N-dealkylation sites (N-methyl/N-ethyl adjacent to an activating group) is 2. The van der Waals surface area contributed by atoms with Crippen LogP contribution in [0.4, 0.5) is 17.1 Å². The van der Waals surface area contributed by atoms with Crippen LogP contribution in [0.3, 0.4) is 0 Å². The summed E-state index contributed by atoms with van der Waals surface area (Å²) < 4.78 is 5.11. The molecule has 0 aliphatic carbocycles. The number of amides is 1. The van der Waals surface area contributed by atoms with Crippen LogP contribution in [0.25, 0.3) is 11.3 Å².